The van der Waals surface area contributed by atoms with E-state index >= 15 is 0 Å². The van der Waals surface area contributed by atoms with Crippen molar-refractivity contribution in [2.24, 2.45) is 0 Å². The maximum atomic E-state index is 6.02. The van der Waals surface area contributed by atoms with E-state index in [2.05, 4.69) is 91.0 Å². The third-order valence-electron chi connectivity index (χ3n) is 5.95. The third kappa shape index (κ3) is 3.55. The predicted molar refractivity (Wildman–Crippen MR) is 129 cm³/mol. The van der Waals surface area contributed by atoms with E-state index in [0.29, 0.717) is 6.61 Å². The molecule has 2 aromatic carbocycles. The maximum absolute atomic E-state index is 6.02. The van der Waals surface area contributed by atoms with Crippen LogP contribution in [0.2, 0.25) is 0 Å². The zero-order valence-corrected chi connectivity index (χ0v) is 18.4. The molecule has 3 aromatic heterocycles. The molecular weight excluding hydrogens is 380 g/mol. The monoisotopic (exact) mass is 408 g/mol. The minimum Gasteiger partial charge on any atom is -0.489 e. The molecule has 0 aliphatic rings. The highest BCUT2D eigenvalue weighted by Crippen LogP contribution is 2.40. The highest BCUT2D eigenvalue weighted by atomic mass is 16.5. The summed E-state index contributed by atoms with van der Waals surface area (Å²) in [5.74, 6) is 0.899. The summed E-state index contributed by atoms with van der Waals surface area (Å²) < 4.78 is 8.45. The molecule has 3 heterocycles. The van der Waals surface area contributed by atoms with E-state index in [9.17, 15) is 0 Å². The van der Waals surface area contributed by atoms with Gasteiger partial charge in [0, 0.05) is 17.6 Å². The molecule has 0 saturated carbocycles. The van der Waals surface area contributed by atoms with Crippen LogP contribution >= 0.6 is 0 Å². The molecule has 0 atom stereocenters. The SMILES string of the molecule is CCc1c(-c2ccc(OCc3ccccc3)cc2)c2c(CN(C)C)cc3cccc1n32. The van der Waals surface area contributed by atoms with Crippen molar-refractivity contribution in [3.8, 4) is 16.9 Å². The number of pyridine rings is 1. The average molecular weight is 409 g/mol. The number of aromatic nitrogens is 1. The van der Waals surface area contributed by atoms with Crippen LogP contribution in [0.4, 0.5) is 0 Å². The number of ether oxygens (including phenoxy) is 1. The summed E-state index contributed by atoms with van der Waals surface area (Å²) in [6, 6.07) is 27.9. The Morgan fingerprint density at radius 3 is 2.35 bits per heavy atom. The minimum absolute atomic E-state index is 0.584. The van der Waals surface area contributed by atoms with Crippen molar-refractivity contribution in [3.05, 3.63) is 95.6 Å². The van der Waals surface area contributed by atoms with Gasteiger partial charge in [-0.25, -0.2) is 0 Å². The molecule has 5 rings (SSSR count). The van der Waals surface area contributed by atoms with Crippen LogP contribution in [-0.2, 0) is 19.6 Å². The van der Waals surface area contributed by atoms with Crippen LogP contribution in [0.5, 0.6) is 5.75 Å². The number of aryl methyl sites for hydroxylation is 1. The van der Waals surface area contributed by atoms with Crippen molar-refractivity contribution in [1.29, 1.82) is 0 Å². The molecule has 0 aliphatic carbocycles. The molecule has 31 heavy (non-hydrogen) atoms. The van der Waals surface area contributed by atoms with Crippen LogP contribution in [0.15, 0.2) is 78.9 Å². The predicted octanol–water partition coefficient (Wildman–Crippen LogP) is 6.40. The van der Waals surface area contributed by atoms with Gasteiger partial charge in [0.2, 0.25) is 0 Å². The van der Waals surface area contributed by atoms with E-state index in [1.807, 2.05) is 18.2 Å². The first kappa shape index (κ1) is 19.7. The lowest BCUT2D eigenvalue weighted by atomic mass is 9.98. The fraction of sp³-hybridized carbons (Fsp3) is 0.214. The van der Waals surface area contributed by atoms with Crippen molar-refractivity contribution < 1.29 is 4.74 Å². The Morgan fingerprint density at radius 1 is 0.871 bits per heavy atom. The van der Waals surface area contributed by atoms with E-state index in [0.717, 1.165) is 18.7 Å². The number of hydrogen-bond acceptors (Lipinski definition) is 2. The standard InChI is InChI=1S/C28H28N2O/c1-4-25-26-12-8-11-23-17-22(18-29(2)3)28(30(23)26)27(25)21-13-15-24(16-14-21)31-19-20-9-6-5-7-10-20/h5-17H,4,18-19H2,1-3H3. The third-order valence-corrected chi connectivity index (χ3v) is 5.95. The Morgan fingerprint density at radius 2 is 1.65 bits per heavy atom. The van der Waals surface area contributed by atoms with Crippen LogP contribution in [0.25, 0.3) is 27.7 Å². The van der Waals surface area contributed by atoms with Crippen molar-refractivity contribution in [2.75, 3.05) is 14.1 Å². The van der Waals surface area contributed by atoms with Crippen molar-refractivity contribution in [3.63, 3.8) is 0 Å². The molecule has 0 fully saturated rings. The van der Waals surface area contributed by atoms with Gasteiger partial charge in [-0.15, -0.1) is 0 Å². The first-order valence-electron chi connectivity index (χ1n) is 10.9. The van der Waals surface area contributed by atoms with Crippen molar-refractivity contribution in [2.45, 2.75) is 26.5 Å². The number of rotatable bonds is 7. The second-order valence-corrected chi connectivity index (χ2v) is 8.43. The summed E-state index contributed by atoms with van der Waals surface area (Å²) in [6.45, 7) is 3.76. The van der Waals surface area contributed by atoms with E-state index in [4.69, 9.17) is 4.74 Å². The Kier molecular flexibility index (Phi) is 5.13. The van der Waals surface area contributed by atoms with Gasteiger partial charge in [-0.2, -0.15) is 0 Å². The molecule has 5 aromatic rings. The lowest BCUT2D eigenvalue weighted by Gasteiger charge is -2.11. The Labute approximate surface area is 183 Å². The van der Waals surface area contributed by atoms with Gasteiger partial charge in [-0.3, -0.25) is 0 Å². The maximum Gasteiger partial charge on any atom is 0.119 e. The Hall–Kier alpha value is -3.30. The fourth-order valence-electron chi connectivity index (χ4n) is 4.65. The number of nitrogens with zero attached hydrogens (tertiary/aromatic N) is 2. The normalized spacial score (nSPS) is 11.7. The topological polar surface area (TPSA) is 16.9 Å². The lowest BCUT2D eigenvalue weighted by molar-refractivity contribution is 0.306. The molecule has 3 heteroatoms. The molecule has 0 saturated heterocycles. The van der Waals surface area contributed by atoms with Crippen LogP contribution in [0.3, 0.4) is 0 Å². The summed E-state index contributed by atoms with van der Waals surface area (Å²) in [4.78, 5) is 2.24. The second-order valence-electron chi connectivity index (χ2n) is 8.43. The van der Waals surface area contributed by atoms with Gasteiger partial charge in [-0.1, -0.05) is 55.5 Å². The van der Waals surface area contributed by atoms with Crippen LogP contribution in [0.1, 0.15) is 23.6 Å². The summed E-state index contributed by atoms with van der Waals surface area (Å²) in [5.41, 5.74) is 10.5. The Bertz CT molecular complexity index is 1300. The van der Waals surface area contributed by atoms with Gasteiger partial charge in [-0.05, 0) is 73.1 Å². The van der Waals surface area contributed by atoms with Gasteiger partial charge in [0.1, 0.15) is 12.4 Å². The molecule has 0 bridgehead atoms. The number of benzene rings is 2. The molecule has 156 valence electrons. The molecular formula is C28H28N2O. The first-order chi connectivity index (χ1) is 15.2. The van der Waals surface area contributed by atoms with E-state index in [1.54, 1.807) is 0 Å². The van der Waals surface area contributed by atoms with Crippen LogP contribution in [0, 0.1) is 0 Å². The van der Waals surface area contributed by atoms with Crippen molar-refractivity contribution in [1.82, 2.24) is 9.30 Å². The van der Waals surface area contributed by atoms with Crippen LogP contribution in [-0.4, -0.2) is 23.4 Å². The molecule has 0 radical (unpaired) electrons. The lowest BCUT2D eigenvalue weighted by Crippen LogP contribution is -2.10. The van der Waals surface area contributed by atoms with Crippen molar-refractivity contribution >= 4 is 16.6 Å². The molecule has 0 spiro atoms. The number of hydrogen-bond donors (Lipinski definition) is 0. The fourth-order valence-corrected chi connectivity index (χ4v) is 4.65. The largest absolute Gasteiger partial charge is 0.489 e. The molecule has 0 amide bonds. The highest BCUT2D eigenvalue weighted by molar-refractivity contribution is 5.97. The minimum atomic E-state index is 0.584. The van der Waals surface area contributed by atoms with Crippen LogP contribution < -0.4 is 4.74 Å². The van der Waals surface area contributed by atoms with E-state index in [-0.39, 0.29) is 0 Å². The van der Waals surface area contributed by atoms with Gasteiger partial charge in [0.25, 0.3) is 0 Å². The first-order valence-corrected chi connectivity index (χ1v) is 10.9. The summed E-state index contributed by atoms with van der Waals surface area (Å²) in [7, 11) is 4.27. The molecule has 3 nitrogen and oxygen atoms in total. The average Bonchev–Trinajstić information content (AvgIpc) is 3.32. The van der Waals surface area contributed by atoms with Gasteiger partial charge in [0.05, 0.1) is 11.0 Å². The summed E-state index contributed by atoms with van der Waals surface area (Å²) >= 11 is 0. The van der Waals surface area contributed by atoms with Gasteiger partial charge >= 0.3 is 0 Å². The quantitative estimate of drug-likeness (QED) is 0.310. The van der Waals surface area contributed by atoms with Gasteiger partial charge in [0.15, 0.2) is 0 Å². The molecule has 0 aliphatic heterocycles. The second kappa shape index (κ2) is 8.09. The zero-order chi connectivity index (χ0) is 21.4. The zero-order valence-electron chi connectivity index (χ0n) is 18.4. The summed E-state index contributed by atoms with van der Waals surface area (Å²) in [5, 5.41) is 0. The highest BCUT2D eigenvalue weighted by Gasteiger charge is 2.21. The summed E-state index contributed by atoms with van der Waals surface area (Å²) in [6.07, 6.45) is 1.00. The van der Waals surface area contributed by atoms with E-state index < -0.39 is 0 Å². The molecule has 0 N–H and O–H groups in total. The van der Waals surface area contributed by atoms with E-state index in [1.165, 1.54) is 44.4 Å². The smallest absolute Gasteiger partial charge is 0.119 e. The Balaban J connectivity index is 1.56. The van der Waals surface area contributed by atoms with Gasteiger partial charge < -0.3 is 14.0 Å². The molecule has 0 unspecified atom stereocenters.